The average molecular weight is 533 g/mol. The van der Waals surface area contributed by atoms with E-state index < -0.39 is 22.5 Å². The van der Waals surface area contributed by atoms with Crippen LogP contribution in [0.2, 0.25) is 0 Å². The Morgan fingerprint density at radius 1 is 1.00 bits per heavy atom. The maximum atomic E-state index is 13.7. The van der Waals surface area contributed by atoms with Gasteiger partial charge in [-0.05, 0) is 48.1 Å². The van der Waals surface area contributed by atoms with Crippen molar-refractivity contribution < 1.29 is 27.1 Å². The number of ether oxygens (including phenoxy) is 2. The molecule has 192 valence electrons. The second-order valence-electron chi connectivity index (χ2n) is 7.71. The minimum Gasteiger partial charge on any atom is -0.497 e. The first-order valence-corrected chi connectivity index (χ1v) is 13.8. The van der Waals surface area contributed by atoms with Crippen LogP contribution >= 0.6 is 11.8 Å². The molecule has 7 nitrogen and oxygen atoms in total. The van der Waals surface area contributed by atoms with Crippen LogP contribution in [0, 0.1) is 5.82 Å². The number of hydrogen-bond donors (Lipinski definition) is 1. The molecule has 1 amide bonds. The number of halogens is 1. The Morgan fingerprint density at radius 2 is 1.72 bits per heavy atom. The minimum atomic E-state index is -4.08. The molecule has 0 radical (unpaired) electrons. The Bertz CT molecular complexity index is 1260. The molecule has 0 saturated carbocycles. The van der Waals surface area contributed by atoms with Crippen LogP contribution in [-0.4, -0.2) is 47.4 Å². The number of methoxy groups -OCH3 is 2. The molecule has 0 aliphatic carbocycles. The molecular formula is C26H29FN2O5S2. The van der Waals surface area contributed by atoms with Gasteiger partial charge in [0.25, 0.3) is 10.0 Å². The Hall–Kier alpha value is -3.24. The third-order valence-corrected chi connectivity index (χ3v) is 8.14. The number of nitrogens with one attached hydrogen (secondary N) is 1. The Kier molecular flexibility index (Phi) is 10.0. The lowest BCUT2D eigenvalue weighted by molar-refractivity contribution is -0.119. The van der Waals surface area contributed by atoms with Crippen molar-refractivity contribution in [2.24, 2.45) is 0 Å². The summed E-state index contributed by atoms with van der Waals surface area (Å²) < 4.78 is 52.4. The van der Waals surface area contributed by atoms with Gasteiger partial charge in [-0.15, -0.1) is 0 Å². The Labute approximate surface area is 215 Å². The molecule has 0 spiro atoms. The van der Waals surface area contributed by atoms with Crippen LogP contribution in [0.25, 0.3) is 0 Å². The highest BCUT2D eigenvalue weighted by atomic mass is 32.2. The summed E-state index contributed by atoms with van der Waals surface area (Å²) in [6.45, 7) is -0.0826. The number of anilines is 1. The van der Waals surface area contributed by atoms with E-state index in [2.05, 4.69) is 5.32 Å². The summed E-state index contributed by atoms with van der Waals surface area (Å²) in [7, 11) is -1.18. The quantitative estimate of drug-likeness (QED) is 0.327. The van der Waals surface area contributed by atoms with Crippen molar-refractivity contribution in [3.05, 3.63) is 84.2 Å². The zero-order chi connectivity index (χ0) is 26.0. The highest BCUT2D eigenvalue weighted by molar-refractivity contribution is 7.98. The lowest BCUT2D eigenvalue weighted by Gasteiger charge is -2.26. The van der Waals surface area contributed by atoms with E-state index in [-0.39, 0.29) is 22.1 Å². The second kappa shape index (κ2) is 13.2. The van der Waals surface area contributed by atoms with Gasteiger partial charge in [0, 0.05) is 18.4 Å². The van der Waals surface area contributed by atoms with Crippen LogP contribution in [0.5, 0.6) is 11.5 Å². The summed E-state index contributed by atoms with van der Waals surface area (Å²) >= 11 is 1.57. The van der Waals surface area contributed by atoms with E-state index in [1.165, 1.54) is 38.5 Å². The van der Waals surface area contributed by atoms with Crippen LogP contribution in [0.1, 0.15) is 12.0 Å². The fourth-order valence-electron chi connectivity index (χ4n) is 3.40. The van der Waals surface area contributed by atoms with Crippen LogP contribution in [0.15, 0.2) is 77.7 Å². The summed E-state index contributed by atoms with van der Waals surface area (Å²) in [6.07, 6.45) is 0.652. The van der Waals surface area contributed by atoms with Gasteiger partial charge in [-0.3, -0.25) is 9.10 Å². The zero-order valence-corrected chi connectivity index (χ0v) is 21.8. The van der Waals surface area contributed by atoms with Gasteiger partial charge < -0.3 is 14.8 Å². The van der Waals surface area contributed by atoms with E-state index >= 15 is 0 Å². The summed E-state index contributed by atoms with van der Waals surface area (Å²) in [5.41, 5.74) is 0.830. The molecule has 0 aliphatic rings. The van der Waals surface area contributed by atoms with E-state index in [9.17, 15) is 17.6 Å². The highest BCUT2D eigenvalue weighted by Crippen LogP contribution is 2.35. The van der Waals surface area contributed by atoms with Gasteiger partial charge in [0.05, 0.1) is 24.8 Å². The maximum absolute atomic E-state index is 13.7. The van der Waals surface area contributed by atoms with E-state index in [4.69, 9.17) is 9.47 Å². The second-order valence-corrected chi connectivity index (χ2v) is 10.7. The standard InChI is InChI=1S/C26H29FN2O5S2/c1-33-21-13-14-25(34-2)24(17-21)29(36(31,32)22-10-4-3-5-11-22)18-26(30)28-15-8-16-35-19-20-9-6-7-12-23(20)27/h3-7,9-14,17H,8,15-16,18-19H2,1-2H3,(H,28,30). The molecule has 0 aliphatic heterocycles. The van der Waals surface area contributed by atoms with Crippen LogP contribution in [0.3, 0.4) is 0 Å². The Balaban J connectivity index is 1.68. The summed E-state index contributed by atoms with van der Waals surface area (Å²) in [5, 5.41) is 2.78. The molecule has 3 rings (SSSR count). The molecule has 0 atom stereocenters. The van der Waals surface area contributed by atoms with Gasteiger partial charge in [-0.25, -0.2) is 12.8 Å². The predicted octanol–water partition coefficient (Wildman–Crippen LogP) is 4.48. The topological polar surface area (TPSA) is 84.9 Å². The number of amides is 1. The smallest absolute Gasteiger partial charge is 0.264 e. The third kappa shape index (κ3) is 7.14. The fourth-order valence-corrected chi connectivity index (χ4v) is 5.79. The number of thioether (sulfide) groups is 1. The van der Waals surface area contributed by atoms with Crippen LogP contribution in [-0.2, 0) is 20.6 Å². The van der Waals surface area contributed by atoms with Crippen molar-refractivity contribution in [2.45, 2.75) is 17.1 Å². The zero-order valence-electron chi connectivity index (χ0n) is 20.1. The van der Waals surface area contributed by atoms with Crippen molar-refractivity contribution in [2.75, 3.05) is 37.4 Å². The van der Waals surface area contributed by atoms with Crippen molar-refractivity contribution in [1.82, 2.24) is 5.32 Å². The number of hydrogen-bond acceptors (Lipinski definition) is 6. The summed E-state index contributed by atoms with van der Waals surface area (Å²) in [4.78, 5) is 12.9. The SMILES string of the molecule is COc1ccc(OC)c(N(CC(=O)NCCCSCc2ccccc2F)S(=O)(=O)c2ccccc2)c1. The largest absolute Gasteiger partial charge is 0.497 e. The number of benzene rings is 3. The molecule has 3 aromatic carbocycles. The molecule has 0 bridgehead atoms. The van der Waals surface area contributed by atoms with Gasteiger partial charge in [-0.1, -0.05) is 36.4 Å². The molecule has 10 heteroatoms. The fraction of sp³-hybridized carbons (Fsp3) is 0.269. The van der Waals surface area contributed by atoms with Crippen molar-refractivity contribution >= 4 is 33.4 Å². The first-order valence-electron chi connectivity index (χ1n) is 11.2. The lowest BCUT2D eigenvalue weighted by Crippen LogP contribution is -2.41. The maximum Gasteiger partial charge on any atom is 0.264 e. The van der Waals surface area contributed by atoms with Gasteiger partial charge in [0.2, 0.25) is 5.91 Å². The Morgan fingerprint density at radius 3 is 2.42 bits per heavy atom. The minimum absolute atomic E-state index is 0.0483. The first-order chi connectivity index (χ1) is 17.4. The number of sulfonamides is 1. The first kappa shape index (κ1) is 27.3. The van der Waals surface area contributed by atoms with Crippen molar-refractivity contribution in [3.8, 4) is 11.5 Å². The van der Waals surface area contributed by atoms with E-state index in [1.807, 2.05) is 0 Å². The third-order valence-electron chi connectivity index (χ3n) is 5.28. The van der Waals surface area contributed by atoms with Crippen molar-refractivity contribution in [3.63, 3.8) is 0 Å². The predicted molar refractivity (Wildman–Crippen MR) is 141 cm³/mol. The highest BCUT2D eigenvalue weighted by Gasteiger charge is 2.29. The molecule has 1 N–H and O–H groups in total. The average Bonchev–Trinajstić information content (AvgIpc) is 2.90. The molecule has 0 saturated heterocycles. The summed E-state index contributed by atoms with van der Waals surface area (Å²) in [5.74, 6) is 1.27. The molecule has 0 aromatic heterocycles. The molecule has 36 heavy (non-hydrogen) atoms. The van der Waals surface area contributed by atoms with E-state index in [1.54, 1.807) is 60.3 Å². The van der Waals surface area contributed by atoms with E-state index in [0.717, 1.165) is 4.31 Å². The normalized spacial score (nSPS) is 11.1. The molecular weight excluding hydrogens is 503 g/mol. The number of nitrogens with zero attached hydrogens (tertiary/aromatic N) is 1. The van der Waals surface area contributed by atoms with Gasteiger partial charge >= 0.3 is 0 Å². The van der Waals surface area contributed by atoms with Crippen molar-refractivity contribution in [1.29, 1.82) is 0 Å². The number of rotatable bonds is 13. The van der Waals surface area contributed by atoms with Gasteiger partial charge in [0.1, 0.15) is 23.9 Å². The number of carbonyl (C=O) groups is 1. The van der Waals surface area contributed by atoms with Crippen LogP contribution < -0.4 is 19.1 Å². The van der Waals surface area contributed by atoms with Crippen LogP contribution in [0.4, 0.5) is 10.1 Å². The monoisotopic (exact) mass is 532 g/mol. The molecule has 0 heterocycles. The van der Waals surface area contributed by atoms with E-state index in [0.29, 0.717) is 35.8 Å². The number of carbonyl (C=O) groups excluding carboxylic acids is 1. The summed E-state index contributed by atoms with van der Waals surface area (Å²) in [6, 6.07) is 19.3. The van der Waals surface area contributed by atoms with Gasteiger partial charge in [-0.2, -0.15) is 11.8 Å². The lowest BCUT2D eigenvalue weighted by atomic mass is 10.2. The molecule has 3 aromatic rings. The molecule has 0 unspecified atom stereocenters. The van der Waals surface area contributed by atoms with Gasteiger partial charge in [0.15, 0.2) is 0 Å². The molecule has 0 fully saturated rings.